The number of nitrogens with one attached hydrogen (secondary N) is 1. The Kier molecular flexibility index (Phi) is 3.31. The summed E-state index contributed by atoms with van der Waals surface area (Å²) in [6.45, 7) is 3.62. The highest BCUT2D eigenvalue weighted by atomic mass is 19.1. The maximum Gasteiger partial charge on any atom is 0.123 e. The van der Waals surface area contributed by atoms with Gasteiger partial charge < -0.3 is 5.32 Å². The fraction of sp³-hybridized carbons (Fsp3) is 1.00. The minimum absolute atomic E-state index is 0.570. The molecule has 1 N–H and O–H groups in total. The zero-order valence-corrected chi connectivity index (χ0v) is 7.33. The zero-order valence-electron chi connectivity index (χ0n) is 7.33. The van der Waals surface area contributed by atoms with Gasteiger partial charge >= 0.3 is 0 Å². The Morgan fingerprint density at radius 2 is 2.00 bits per heavy atom. The van der Waals surface area contributed by atoms with Gasteiger partial charge in [0.25, 0.3) is 0 Å². The molecule has 0 aliphatic heterocycles. The van der Waals surface area contributed by atoms with Gasteiger partial charge in [-0.1, -0.05) is 19.8 Å². The first kappa shape index (κ1) is 8.98. The molecule has 0 aromatic heterocycles. The monoisotopic (exact) mass is 159 g/mol. The van der Waals surface area contributed by atoms with Crippen LogP contribution in [0.5, 0.6) is 0 Å². The summed E-state index contributed by atoms with van der Waals surface area (Å²) in [6.07, 6.45) is 4.78. The number of alkyl halides is 1. The fourth-order valence-corrected chi connectivity index (χ4v) is 1.67. The first-order valence-corrected chi connectivity index (χ1v) is 4.66. The van der Waals surface area contributed by atoms with Crippen molar-refractivity contribution in [1.29, 1.82) is 0 Å². The Hall–Kier alpha value is -0.110. The maximum absolute atomic E-state index is 13.6. The van der Waals surface area contributed by atoms with E-state index in [1.54, 1.807) is 0 Å². The number of hydrogen-bond donors (Lipinski definition) is 1. The first-order chi connectivity index (χ1) is 5.27. The average molecular weight is 159 g/mol. The van der Waals surface area contributed by atoms with Gasteiger partial charge in [0.2, 0.25) is 0 Å². The van der Waals surface area contributed by atoms with Crippen LogP contribution in [-0.2, 0) is 0 Å². The van der Waals surface area contributed by atoms with Crippen LogP contribution in [0, 0.1) is 0 Å². The summed E-state index contributed by atoms with van der Waals surface area (Å²) >= 11 is 0. The summed E-state index contributed by atoms with van der Waals surface area (Å²) in [5.41, 5.74) is -0.866. The van der Waals surface area contributed by atoms with Crippen molar-refractivity contribution in [3.63, 3.8) is 0 Å². The third kappa shape index (κ3) is 2.78. The number of halogens is 1. The quantitative estimate of drug-likeness (QED) is 0.620. The molecule has 0 amide bonds. The Balaban J connectivity index is 2.13. The molecule has 0 heterocycles. The first-order valence-electron chi connectivity index (χ1n) is 4.66. The van der Waals surface area contributed by atoms with E-state index in [9.17, 15) is 4.39 Å². The van der Waals surface area contributed by atoms with Crippen LogP contribution in [0.1, 0.15) is 39.0 Å². The fourth-order valence-electron chi connectivity index (χ4n) is 1.67. The van der Waals surface area contributed by atoms with E-state index >= 15 is 0 Å². The predicted octanol–water partition coefficient (Wildman–Crippen LogP) is 2.27. The summed E-state index contributed by atoms with van der Waals surface area (Å²) in [6, 6.07) is 0. The van der Waals surface area contributed by atoms with Crippen molar-refractivity contribution >= 4 is 0 Å². The second kappa shape index (κ2) is 4.05. The molecule has 1 aliphatic rings. The van der Waals surface area contributed by atoms with Crippen LogP contribution < -0.4 is 5.32 Å². The second-order valence-corrected chi connectivity index (χ2v) is 3.53. The maximum atomic E-state index is 13.6. The van der Waals surface area contributed by atoms with E-state index in [0.29, 0.717) is 6.54 Å². The van der Waals surface area contributed by atoms with Gasteiger partial charge in [-0.2, -0.15) is 0 Å². The molecule has 0 aromatic carbocycles. The van der Waals surface area contributed by atoms with Gasteiger partial charge in [-0.25, -0.2) is 4.39 Å². The molecule has 0 atom stereocenters. The lowest BCUT2D eigenvalue weighted by Crippen LogP contribution is -2.34. The third-order valence-electron chi connectivity index (χ3n) is 2.37. The number of hydrogen-bond acceptors (Lipinski definition) is 1. The van der Waals surface area contributed by atoms with Crippen LogP contribution in [0.4, 0.5) is 4.39 Å². The SMILES string of the molecule is CCCNCC1(F)CCCC1. The predicted molar refractivity (Wildman–Crippen MR) is 45.5 cm³/mol. The van der Waals surface area contributed by atoms with E-state index in [1.807, 2.05) is 0 Å². The van der Waals surface area contributed by atoms with Gasteiger partial charge in [-0.3, -0.25) is 0 Å². The lowest BCUT2D eigenvalue weighted by molar-refractivity contribution is 0.168. The Labute approximate surface area is 68.4 Å². The molecule has 11 heavy (non-hydrogen) atoms. The van der Waals surface area contributed by atoms with Gasteiger partial charge in [0, 0.05) is 6.54 Å². The van der Waals surface area contributed by atoms with Crippen LogP contribution in [0.15, 0.2) is 0 Å². The third-order valence-corrected chi connectivity index (χ3v) is 2.37. The average Bonchev–Trinajstić information content (AvgIpc) is 2.38. The van der Waals surface area contributed by atoms with E-state index in [4.69, 9.17) is 0 Å². The smallest absolute Gasteiger partial charge is 0.123 e. The van der Waals surface area contributed by atoms with E-state index in [0.717, 1.165) is 38.6 Å². The largest absolute Gasteiger partial charge is 0.314 e. The molecule has 0 saturated heterocycles. The lowest BCUT2D eigenvalue weighted by Gasteiger charge is -2.18. The molecular weight excluding hydrogens is 141 g/mol. The van der Waals surface area contributed by atoms with Crippen molar-refractivity contribution in [2.75, 3.05) is 13.1 Å². The summed E-state index contributed by atoms with van der Waals surface area (Å²) < 4.78 is 13.6. The molecule has 0 radical (unpaired) electrons. The van der Waals surface area contributed by atoms with Gasteiger partial charge in [-0.15, -0.1) is 0 Å². The van der Waals surface area contributed by atoms with Gasteiger partial charge in [0.1, 0.15) is 5.67 Å². The molecule has 0 aromatic rings. The molecule has 1 aliphatic carbocycles. The lowest BCUT2D eigenvalue weighted by atomic mass is 10.1. The summed E-state index contributed by atoms with van der Waals surface area (Å²) in [7, 11) is 0. The van der Waals surface area contributed by atoms with Crippen molar-refractivity contribution in [3.8, 4) is 0 Å². The molecular formula is C9H18FN. The Bertz CT molecular complexity index is 108. The molecule has 0 unspecified atom stereocenters. The summed E-state index contributed by atoms with van der Waals surface area (Å²) in [5, 5.41) is 3.14. The molecule has 2 heteroatoms. The van der Waals surface area contributed by atoms with E-state index in [-0.39, 0.29) is 0 Å². The summed E-state index contributed by atoms with van der Waals surface area (Å²) in [4.78, 5) is 0. The molecule has 0 bridgehead atoms. The zero-order chi connectivity index (χ0) is 8.16. The van der Waals surface area contributed by atoms with Crippen molar-refractivity contribution in [2.24, 2.45) is 0 Å². The topological polar surface area (TPSA) is 12.0 Å². The van der Waals surface area contributed by atoms with E-state index in [2.05, 4.69) is 12.2 Å². The molecule has 1 saturated carbocycles. The van der Waals surface area contributed by atoms with Crippen molar-refractivity contribution in [1.82, 2.24) is 5.32 Å². The molecule has 0 spiro atoms. The van der Waals surface area contributed by atoms with Crippen LogP contribution in [0.2, 0.25) is 0 Å². The van der Waals surface area contributed by atoms with E-state index in [1.165, 1.54) is 0 Å². The number of rotatable bonds is 4. The summed E-state index contributed by atoms with van der Waals surface area (Å²) in [5.74, 6) is 0. The Morgan fingerprint density at radius 3 is 2.55 bits per heavy atom. The van der Waals surface area contributed by atoms with Crippen LogP contribution >= 0.6 is 0 Å². The highest BCUT2D eigenvalue weighted by molar-refractivity contribution is 4.86. The van der Waals surface area contributed by atoms with Crippen LogP contribution in [-0.4, -0.2) is 18.8 Å². The van der Waals surface area contributed by atoms with Gasteiger partial charge in [0.15, 0.2) is 0 Å². The normalized spacial score (nSPS) is 22.4. The molecule has 1 nitrogen and oxygen atoms in total. The van der Waals surface area contributed by atoms with Crippen molar-refractivity contribution < 1.29 is 4.39 Å². The van der Waals surface area contributed by atoms with Crippen LogP contribution in [0.25, 0.3) is 0 Å². The van der Waals surface area contributed by atoms with Gasteiger partial charge in [-0.05, 0) is 25.8 Å². The standard InChI is InChI=1S/C9H18FN/c1-2-7-11-8-9(10)5-3-4-6-9/h11H,2-8H2,1H3. The minimum Gasteiger partial charge on any atom is -0.314 e. The highest BCUT2D eigenvalue weighted by Gasteiger charge is 2.32. The molecule has 66 valence electrons. The van der Waals surface area contributed by atoms with Crippen LogP contribution in [0.3, 0.4) is 0 Å². The highest BCUT2D eigenvalue weighted by Crippen LogP contribution is 2.32. The van der Waals surface area contributed by atoms with E-state index < -0.39 is 5.67 Å². The molecule has 1 rings (SSSR count). The molecule has 1 fully saturated rings. The van der Waals surface area contributed by atoms with Crippen molar-refractivity contribution in [3.05, 3.63) is 0 Å². The second-order valence-electron chi connectivity index (χ2n) is 3.53. The minimum atomic E-state index is -0.866. The van der Waals surface area contributed by atoms with Gasteiger partial charge in [0.05, 0.1) is 0 Å². The van der Waals surface area contributed by atoms with Crippen molar-refractivity contribution in [2.45, 2.75) is 44.7 Å². The Morgan fingerprint density at radius 1 is 1.36 bits per heavy atom.